The van der Waals surface area contributed by atoms with Crippen molar-refractivity contribution in [2.75, 3.05) is 0 Å². The first-order valence-electron chi connectivity index (χ1n) is 34.1. The maximum absolute atomic E-state index is 6.87. The summed E-state index contributed by atoms with van der Waals surface area (Å²) in [5, 5.41) is 0. The lowest BCUT2D eigenvalue weighted by Gasteiger charge is -2.15. The van der Waals surface area contributed by atoms with Crippen molar-refractivity contribution in [3.8, 4) is 112 Å². The third-order valence-corrected chi connectivity index (χ3v) is 18.0. The van der Waals surface area contributed by atoms with Crippen LogP contribution in [-0.2, 0) is 39.5 Å². The fourth-order valence-corrected chi connectivity index (χ4v) is 13.0. The molecule has 0 bridgehead atoms. The van der Waals surface area contributed by atoms with Crippen molar-refractivity contribution in [2.24, 2.45) is 0 Å². The van der Waals surface area contributed by atoms with Gasteiger partial charge in [0.1, 0.15) is 49.4 Å². The van der Waals surface area contributed by atoms with E-state index in [1.165, 1.54) is 0 Å². The molecule has 0 N–H and O–H groups in total. The SMILES string of the molecule is c1ccc(-c2cc(COc3cc(C[n+]4cc[n+](Cc5cc(OCc6cc(-c7ccccc7)cc(-c7ccccc7)c6)cc(OCc6cc(-c7ccccc7)cc(-c7ccccc7)c6)c5)cc4)cc(OCc4cc(-c5ccccc5)cc(-c5ccccc5)c4)c3)cc(-c3ccccc3)c2)cc1. The molecule has 0 aliphatic heterocycles. The number of benzene rings is 14. The highest BCUT2D eigenvalue weighted by atomic mass is 16.5. The predicted molar refractivity (Wildman–Crippen MR) is 405 cm³/mol. The fourth-order valence-electron chi connectivity index (χ4n) is 13.0. The van der Waals surface area contributed by atoms with Gasteiger partial charge < -0.3 is 18.9 Å². The van der Waals surface area contributed by atoms with Gasteiger partial charge in [-0.15, -0.1) is 0 Å². The lowest BCUT2D eigenvalue weighted by molar-refractivity contribution is -0.743. The normalized spacial score (nSPS) is 11.0. The minimum absolute atomic E-state index is 0.355. The topological polar surface area (TPSA) is 44.7 Å². The van der Waals surface area contributed by atoms with E-state index >= 15 is 0 Å². The van der Waals surface area contributed by atoms with Crippen LogP contribution in [0.2, 0.25) is 0 Å². The molecule has 0 atom stereocenters. The van der Waals surface area contributed by atoms with Crippen molar-refractivity contribution in [1.82, 2.24) is 0 Å². The number of hydrogen-bond acceptors (Lipinski definition) is 4. The zero-order valence-electron chi connectivity index (χ0n) is 55.6. The van der Waals surface area contributed by atoms with Crippen LogP contribution in [-0.4, -0.2) is 0 Å². The van der Waals surface area contributed by atoms with Crippen molar-refractivity contribution >= 4 is 0 Å². The Balaban J connectivity index is 0.726. The Morgan fingerprint density at radius 2 is 0.330 bits per heavy atom. The second-order valence-corrected chi connectivity index (χ2v) is 25.3. The smallest absolute Gasteiger partial charge is 0.233 e. The predicted octanol–water partition coefficient (Wildman–Crippen LogP) is 22.0. The van der Waals surface area contributed by atoms with Gasteiger partial charge in [-0.1, -0.05) is 243 Å². The van der Waals surface area contributed by atoms with Gasteiger partial charge in [-0.25, -0.2) is 0 Å². The van der Waals surface area contributed by atoms with E-state index in [2.05, 4.69) is 374 Å². The second-order valence-electron chi connectivity index (χ2n) is 25.3. The summed E-state index contributed by atoms with van der Waals surface area (Å²) in [7, 11) is 0. The van der Waals surface area contributed by atoms with Crippen LogP contribution in [0.5, 0.6) is 23.0 Å². The molecule has 0 aliphatic carbocycles. The van der Waals surface area contributed by atoms with Crippen molar-refractivity contribution in [3.63, 3.8) is 0 Å². The van der Waals surface area contributed by atoms with E-state index in [0.717, 1.165) is 145 Å². The number of hydrogen-bond donors (Lipinski definition) is 0. The molecule has 6 nitrogen and oxygen atoms in total. The van der Waals surface area contributed by atoms with E-state index in [1.54, 1.807) is 0 Å². The van der Waals surface area contributed by atoms with Gasteiger partial charge in [0.2, 0.25) is 24.8 Å². The van der Waals surface area contributed by atoms with E-state index in [0.29, 0.717) is 39.5 Å². The quantitative estimate of drug-likeness (QED) is 0.0566. The van der Waals surface area contributed by atoms with Gasteiger partial charge in [-0.05, 0) is 208 Å². The van der Waals surface area contributed by atoms with Crippen molar-refractivity contribution in [3.05, 3.63) is 410 Å². The molecule has 0 saturated carbocycles. The lowest BCUT2D eigenvalue weighted by Crippen LogP contribution is -2.42. The molecule has 0 spiro atoms. The highest BCUT2D eigenvalue weighted by Gasteiger charge is 2.17. The van der Waals surface area contributed by atoms with Crippen LogP contribution < -0.4 is 28.1 Å². The Morgan fingerprint density at radius 1 is 0.160 bits per heavy atom. The molecular formula is C94H74N2O4+2. The molecule has 15 aromatic rings. The van der Waals surface area contributed by atoms with E-state index in [1.807, 2.05) is 12.1 Å². The average Bonchev–Trinajstić information content (AvgIpc) is 0.856. The maximum atomic E-state index is 6.87. The van der Waals surface area contributed by atoms with Gasteiger partial charge in [0.25, 0.3) is 0 Å². The minimum atomic E-state index is 0.355. The van der Waals surface area contributed by atoms with Gasteiger partial charge in [0, 0.05) is 23.3 Å². The molecular weight excluding hydrogens is 1220 g/mol. The van der Waals surface area contributed by atoms with Crippen LogP contribution in [0.1, 0.15) is 33.4 Å². The number of rotatable bonds is 24. The summed E-state index contributed by atoms with van der Waals surface area (Å²) in [5.74, 6) is 2.87. The van der Waals surface area contributed by atoms with Gasteiger partial charge in [0.05, 0.1) is 0 Å². The Hall–Kier alpha value is -12.6. The highest BCUT2D eigenvalue weighted by molar-refractivity contribution is 5.78. The van der Waals surface area contributed by atoms with Crippen molar-refractivity contribution in [1.29, 1.82) is 0 Å². The summed E-state index contributed by atoms with van der Waals surface area (Å²) in [4.78, 5) is 0. The Kier molecular flexibility index (Phi) is 19.4. The molecule has 0 unspecified atom stereocenters. The van der Waals surface area contributed by atoms with Gasteiger partial charge in [-0.3, -0.25) is 0 Å². The molecule has 0 fully saturated rings. The summed E-state index contributed by atoms with van der Waals surface area (Å²) in [6.07, 6.45) is 8.50. The molecule has 0 amide bonds. The van der Waals surface area contributed by atoms with Crippen LogP contribution in [0.25, 0.3) is 89.0 Å². The fraction of sp³-hybridized carbons (Fsp3) is 0.0638. The molecule has 1 heterocycles. The molecule has 482 valence electrons. The Morgan fingerprint density at radius 3 is 0.500 bits per heavy atom. The zero-order valence-corrected chi connectivity index (χ0v) is 55.6. The van der Waals surface area contributed by atoms with Crippen LogP contribution in [0.4, 0.5) is 0 Å². The average molecular weight is 1300 g/mol. The molecule has 100 heavy (non-hydrogen) atoms. The molecule has 0 saturated heterocycles. The molecule has 6 heteroatoms. The molecule has 0 radical (unpaired) electrons. The van der Waals surface area contributed by atoms with Crippen molar-refractivity contribution in [2.45, 2.75) is 39.5 Å². The number of nitrogens with zero attached hydrogens (tertiary/aromatic N) is 2. The lowest BCUT2D eigenvalue weighted by atomic mass is 9.96. The first kappa shape index (κ1) is 63.4. The van der Waals surface area contributed by atoms with Gasteiger partial charge in [0.15, 0.2) is 13.1 Å². The third kappa shape index (κ3) is 16.2. The van der Waals surface area contributed by atoms with Crippen LogP contribution in [0, 0.1) is 0 Å². The first-order chi connectivity index (χ1) is 49.4. The molecule has 0 aliphatic rings. The second kappa shape index (κ2) is 30.6. The molecule has 15 rings (SSSR count). The van der Waals surface area contributed by atoms with Crippen LogP contribution in [0.15, 0.2) is 377 Å². The largest absolute Gasteiger partial charge is 0.489 e. The van der Waals surface area contributed by atoms with Gasteiger partial charge >= 0.3 is 0 Å². The monoisotopic (exact) mass is 1290 g/mol. The van der Waals surface area contributed by atoms with E-state index in [-0.39, 0.29) is 0 Å². The first-order valence-corrected chi connectivity index (χ1v) is 34.1. The zero-order chi connectivity index (χ0) is 67.1. The Bertz CT molecular complexity index is 4340. The van der Waals surface area contributed by atoms with Crippen LogP contribution >= 0.6 is 0 Å². The minimum Gasteiger partial charge on any atom is -0.489 e. The summed E-state index contributed by atoms with van der Waals surface area (Å²) in [5.41, 5.74) is 24.6. The molecule has 14 aromatic carbocycles. The van der Waals surface area contributed by atoms with E-state index < -0.39 is 0 Å². The highest BCUT2D eigenvalue weighted by Crippen LogP contribution is 2.36. The van der Waals surface area contributed by atoms with Gasteiger partial charge in [-0.2, -0.15) is 9.13 Å². The van der Waals surface area contributed by atoms with E-state index in [9.17, 15) is 0 Å². The summed E-state index contributed by atoms with van der Waals surface area (Å²) in [6.45, 7) is 2.55. The number of aromatic nitrogens is 2. The summed E-state index contributed by atoms with van der Waals surface area (Å²) >= 11 is 0. The van der Waals surface area contributed by atoms with Crippen molar-refractivity contribution < 1.29 is 28.1 Å². The number of ether oxygens (including phenoxy) is 4. The van der Waals surface area contributed by atoms with E-state index in [4.69, 9.17) is 18.9 Å². The molecule has 1 aromatic heterocycles. The maximum Gasteiger partial charge on any atom is 0.233 e. The summed E-state index contributed by atoms with van der Waals surface area (Å²) in [6, 6.07) is 124. The standard InChI is InChI=1S/C94H74N2O4/c1-9-25-75(26-10-1)83-45-71(46-84(57-83)76-27-11-2-12-28-76)65-97-91-53-69(54-92(61-91)98-66-72-47-85(77-29-13-3-14-30-77)58-86(48-72)78-31-15-4-16-32-78)63-95-41-43-96(44-42-95)64-70-55-93(99-67-73-49-87(79-33-17-5-18-34-79)59-88(50-73)80-35-19-6-20-36-80)62-94(56-70)100-68-74-51-89(81-37-21-7-22-38-81)60-90(52-74)82-39-23-8-24-40-82/h1-62H,63-68H2/q+2. The van der Waals surface area contributed by atoms with Crippen LogP contribution in [0.3, 0.4) is 0 Å². The summed E-state index contributed by atoms with van der Waals surface area (Å²) < 4.78 is 31.9. The Labute approximate surface area is 586 Å². The third-order valence-electron chi connectivity index (χ3n) is 18.0.